The highest BCUT2D eigenvalue weighted by Crippen LogP contribution is 2.37. The van der Waals surface area contributed by atoms with Crippen molar-refractivity contribution in [3.05, 3.63) is 23.9 Å². The zero-order valence-electron chi connectivity index (χ0n) is 10.9. The van der Waals surface area contributed by atoms with Crippen LogP contribution in [0.15, 0.2) is 18.3 Å². The van der Waals surface area contributed by atoms with Gasteiger partial charge in [0, 0.05) is 19.3 Å². The molecular formula is C15H22N2O. The molecule has 0 bridgehead atoms. The maximum atomic E-state index is 9.20. The largest absolute Gasteiger partial charge is 0.392 e. The molecule has 1 saturated carbocycles. The Labute approximate surface area is 109 Å². The second-order valence-corrected chi connectivity index (χ2v) is 5.72. The number of piperidine rings is 1. The molecule has 1 aromatic rings. The number of nitrogens with zero attached hydrogens (tertiary/aromatic N) is 2. The predicted molar refractivity (Wildman–Crippen MR) is 72.4 cm³/mol. The van der Waals surface area contributed by atoms with Crippen LogP contribution in [-0.2, 0) is 6.61 Å². The lowest BCUT2D eigenvalue weighted by molar-refractivity contribution is 0.202. The van der Waals surface area contributed by atoms with Gasteiger partial charge < -0.3 is 10.0 Å². The number of aliphatic hydroxyl groups is 1. The van der Waals surface area contributed by atoms with Crippen molar-refractivity contribution in [1.29, 1.82) is 0 Å². The van der Waals surface area contributed by atoms with Crippen LogP contribution in [-0.4, -0.2) is 23.2 Å². The van der Waals surface area contributed by atoms with Gasteiger partial charge in [-0.15, -0.1) is 0 Å². The molecule has 1 aromatic heterocycles. The van der Waals surface area contributed by atoms with Gasteiger partial charge in [-0.05, 0) is 42.4 Å². The smallest absolute Gasteiger partial charge is 0.128 e. The Bertz CT molecular complexity index is 407. The van der Waals surface area contributed by atoms with Crippen LogP contribution in [0.2, 0.25) is 0 Å². The van der Waals surface area contributed by atoms with E-state index in [1.165, 1.54) is 32.1 Å². The summed E-state index contributed by atoms with van der Waals surface area (Å²) in [5, 5.41) is 9.20. The maximum Gasteiger partial charge on any atom is 0.128 e. The molecule has 1 N–H and O–H groups in total. The van der Waals surface area contributed by atoms with Crippen LogP contribution in [0.5, 0.6) is 0 Å². The van der Waals surface area contributed by atoms with Crippen molar-refractivity contribution >= 4 is 5.82 Å². The molecule has 2 heterocycles. The molecule has 98 valence electrons. The first-order valence-electron chi connectivity index (χ1n) is 7.17. The number of aliphatic hydroxyl groups excluding tert-OH is 1. The standard InChI is InChI=1S/C15H22N2O/c18-11-12-5-7-16-15(9-12)17-8-6-13-3-1-2-4-14(13)10-17/h5,7,9,13-14,18H,1-4,6,8,10-11H2. The van der Waals surface area contributed by atoms with E-state index in [4.69, 9.17) is 0 Å². The van der Waals surface area contributed by atoms with Gasteiger partial charge in [-0.25, -0.2) is 4.98 Å². The highest BCUT2D eigenvalue weighted by molar-refractivity contribution is 5.41. The van der Waals surface area contributed by atoms with Gasteiger partial charge in [0.25, 0.3) is 0 Å². The highest BCUT2D eigenvalue weighted by atomic mass is 16.3. The summed E-state index contributed by atoms with van der Waals surface area (Å²) >= 11 is 0. The van der Waals surface area contributed by atoms with Gasteiger partial charge in [0.2, 0.25) is 0 Å². The summed E-state index contributed by atoms with van der Waals surface area (Å²) in [5.74, 6) is 2.87. The Balaban J connectivity index is 1.72. The molecule has 0 aromatic carbocycles. The summed E-state index contributed by atoms with van der Waals surface area (Å²) in [6.45, 7) is 2.39. The maximum absolute atomic E-state index is 9.20. The molecule has 2 atom stereocenters. The molecule has 3 nitrogen and oxygen atoms in total. The summed E-state index contributed by atoms with van der Waals surface area (Å²) in [5.41, 5.74) is 0.964. The first kappa shape index (κ1) is 12.0. The van der Waals surface area contributed by atoms with E-state index in [0.29, 0.717) is 0 Å². The van der Waals surface area contributed by atoms with Gasteiger partial charge in [-0.1, -0.05) is 19.3 Å². The molecule has 2 unspecified atom stereocenters. The lowest BCUT2D eigenvalue weighted by Crippen LogP contribution is -2.42. The number of hydrogen-bond acceptors (Lipinski definition) is 3. The molecular weight excluding hydrogens is 224 g/mol. The Morgan fingerprint density at radius 2 is 2.06 bits per heavy atom. The van der Waals surface area contributed by atoms with Gasteiger partial charge >= 0.3 is 0 Å². The normalized spacial score (nSPS) is 27.9. The van der Waals surface area contributed by atoms with Crippen LogP contribution < -0.4 is 4.90 Å². The quantitative estimate of drug-likeness (QED) is 0.871. The van der Waals surface area contributed by atoms with E-state index in [2.05, 4.69) is 9.88 Å². The van der Waals surface area contributed by atoms with Gasteiger partial charge in [0.15, 0.2) is 0 Å². The first-order valence-corrected chi connectivity index (χ1v) is 7.17. The van der Waals surface area contributed by atoms with E-state index in [-0.39, 0.29) is 6.61 Å². The molecule has 0 spiro atoms. The van der Waals surface area contributed by atoms with E-state index < -0.39 is 0 Å². The summed E-state index contributed by atoms with van der Waals surface area (Å²) in [7, 11) is 0. The van der Waals surface area contributed by atoms with Crippen molar-refractivity contribution in [3.63, 3.8) is 0 Å². The molecule has 3 rings (SSSR count). The monoisotopic (exact) mass is 246 g/mol. The third-order valence-electron chi connectivity index (χ3n) is 4.61. The van der Waals surface area contributed by atoms with E-state index in [1.807, 2.05) is 18.3 Å². The van der Waals surface area contributed by atoms with Crippen LogP contribution in [0.3, 0.4) is 0 Å². The molecule has 18 heavy (non-hydrogen) atoms. The van der Waals surface area contributed by atoms with Gasteiger partial charge in [-0.2, -0.15) is 0 Å². The van der Waals surface area contributed by atoms with E-state index in [1.54, 1.807) is 0 Å². The topological polar surface area (TPSA) is 36.4 Å². The minimum Gasteiger partial charge on any atom is -0.392 e. The molecule has 2 fully saturated rings. The minimum absolute atomic E-state index is 0.107. The molecule has 1 aliphatic carbocycles. The minimum atomic E-state index is 0.107. The molecule has 0 radical (unpaired) electrons. The predicted octanol–water partition coefficient (Wildman–Crippen LogP) is 2.59. The van der Waals surface area contributed by atoms with Crippen molar-refractivity contribution in [2.75, 3.05) is 18.0 Å². The Hall–Kier alpha value is -1.09. The van der Waals surface area contributed by atoms with Gasteiger partial charge in [0.05, 0.1) is 6.61 Å². The van der Waals surface area contributed by atoms with Gasteiger partial charge in [-0.3, -0.25) is 0 Å². The average Bonchev–Trinajstić information content (AvgIpc) is 2.47. The third-order valence-corrected chi connectivity index (χ3v) is 4.61. The average molecular weight is 246 g/mol. The van der Waals surface area contributed by atoms with Crippen LogP contribution in [0, 0.1) is 11.8 Å². The van der Waals surface area contributed by atoms with Crippen LogP contribution >= 0.6 is 0 Å². The zero-order chi connectivity index (χ0) is 12.4. The second-order valence-electron chi connectivity index (χ2n) is 5.72. The van der Waals surface area contributed by atoms with Gasteiger partial charge in [0.1, 0.15) is 5.82 Å². The van der Waals surface area contributed by atoms with Crippen LogP contribution in [0.1, 0.15) is 37.7 Å². The van der Waals surface area contributed by atoms with Crippen molar-refractivity contribution in [2.45, 2.75) is 38.7 Å². The lowest BCUT2D eigenvalue weighted by Gasteiger charge is -2.41. The summed E-state index contributed by atoms with van der Waals surface area (Å²) in [6, 6.07) is 3.92. The molecule has 1 saturated heterocycles. The first-order chi connectivity index (χ1) is 8.86. The highest BCUT2D eigenvalue weighted by Gasteiger charge is 2.31. The third kappa shape index (κ3) is 2.37. The number of fused-ring (bicyclic) bond motifs is 1. The number of hydrogen-bond donors (Lipinski definition) is 1. The fourth-order valence-corrected chi connectivity index (χ4v) is 3.54. The molecule has 2 aliphatic rings. The molecule has 1 aliphatic heterocycles. The molecule has 3 heteroatoms. The van der Waals surface area contributed by atoms with Crippen LogP contribution in [0.25, 0.3) is 0 Å². The summed E-state index contributed by atoms with van der Waals surface area (Å²) < 4.78 is 0. The van der Waals surface area contributed by atoms with E-state index in [0.717, 1.165) is 36.3 Å². The summed E-state index contributed by atoms with van der Waals surface area (Å²) in [4.78, 5) is 6.87. The SMILES string of the molecule is OCc1ccnc(N2CCC3CCCCC3C2)c1. The Morgan fingerprint density at radius 1 is 1.22 bits per heavy atom. The fourth-order valence-electron chi connectivity index (χ4n) is 3.54. The number of rotatable bonds is 2. The second kappa shape index (κ2) is 5.27. The van der Waals surface area contributed by atoms with Crippen molar-refractivity contribution < 1.29 is 5.11 Å². The number of aromatic nitrogens is 1. The fraction of sp³-hybridized carbons (Fsp3) is 0.667. The molecule has 0 amide bonds. The van der Waals surface area contributed by atoms with Crippen molar-refractivity contribution in [2.24, 2.45) is 11.8 Å². The lowest BCUT2D eigenvalue weighted by atomic mass is 9.75. The van der Waals surface area contributed by atoms with Crippen molar-refractivity contribution in [1.82, 2.24) is 4.98 Å². The Morgan fingerprint density at radius 3 is 2.89 bits per heavy atom. The van der Waals surface area contributed by atoms with Crippen LogP contribution in [0.4, 0.5) is 5.82 Å². The number of anilines is 1. The summed E-state index contributed by atoms with van der Waals surface area (Å²) in [6.07, 6.45) is 8.78. The van der Waals surface area contributed by atoms with Crippen molar-refractivity contribution in [3.8, 4) is 0 Å². The zero-order valence-corrected chi connectivity index (χ0v) is 10.9. The van der Waals surface area contributed by atoms with E-state index in [9.17, 15) is 5.11 Å². The number of pyridine rings is 1. The van der Waals surface area contributed by atoms with E-state index >= 15 is 0 Å². The Kier molecular flexibility index (Phi) is 3.50.